The summed E-state index contributed by atoms with van der Waals surface area (Å²) in [4.78, 5) is 51.5. The molecule has 0 saturated carbocycles. The highest BCUT2D eigenvalue weighted by Crippen LogP contribution is 2.37. The summed E-state index contributed by atoms with van der Waals surface area (Å²) in [6, 6.07) is 7.41. The average molecular weight is 484 g/mol. The number of halogens is 1. The maximum absolute atomic E-state index is 13.3. The number of nitrogens with zero attached hydrogens (tertiary/aromatic N) is 5. The normalized spacial score (nSPS) is 18.5. The smallest absolute Gasteiger partial charge is 0.229 e. The summed E-state index contributed by atoms with van der Waals surface area (Å²) >= 11 is 6.26. The molecule has 0 spiro atoms. The molecule has 2 aliphatic heterocycles. The number of hydrogen-bond donors (Lipinski definition) is 0. The number of anilines is 1. The fraction of sp³-hybridized carbons (Fsp3) is 0.480. The molecule has 0 unspecified atom stereocenters. The van der Waals surface area contributed by atoms with Gasteiger partial charge in [-0.05, 0) is 43.4 Å². The lowest BCUT2D eigenvalue weighted by Crippen LogP contribution is -2.39. The molecule has 2 saturated heterocycles. The molecule has 0 N–H and O–H groups in total. The van der Waals surface area contributed by atoms with Crippen LogP contribution in [0, 0.1) is 0 Å². The van der Waals surface area contributed by atoms with Crippen LogP contribution in [0.25, 0.3) is 11.1 Å². The van der Waals surface area contributed by atoms with E-state index in [1.165, 1.54) is 4.90 Å². The molecule has 9 heteroatoms. The van der Waals surface area contributed by atoms with Gasteiger partial charge in [0.1, 0.15) is 0 Å². The third-order valence-electron chi connectivity index (χ3n) is 6.41. The van der Waals surface area contributed by atoms with E-state index >= 15 is 0 Å². The number of piperidine rings is 1. The van der Waals surface area contributed by atoms with Crippen molar-refractivity contribution in [2.75, 3.05) is 32.1 Å². The first-order valence-corrected chi connectivity index (χ1v) is 12.2. The monoisotopic (exact) mass is 483 g/mol. The van der Waals surface area contributed by atoms with Crippen LogP contribution in [0.5, 0.6) is 0 Å². The summed E-state index contributed by atoms with van der Waals surface area (Å²) in [6.07, 6.45) is 5.85. The van der Waals surface area contributed by atoms with Crippen LogP contribution in [0.2, 0.25) is 5.02 Å². The number of amides is 3. The van der Waals surface area contributed by atoms with Crippen molar-refractivity contribution in [3.63, 3.8) is 0 Å². The van der Waals surface area contributed by atoms with Crippen molar-refractivity contribution >= 4 is 35.3 Å². The Kier molecular flexibility index (Phi) is 7.46. The second kappa shape index (κ2) is 10.5. The van der Waals surface area contributed by atoms with Crippen LogP contribution in [0.15, 0.2) is 30.5 Å². The summed E-state index contributed by atoms with van der Waals surface area (Å²) in [6.45, 7) is 0.954. The first kappa shape index (κ1) is 24.1. The zero-order valence-corrected chi connectivity index (χ0v) is 20.4. The van der Waals surface area contributed by atoms with E-state index in [0.29, 0.717) is 30.5 Å². The van der Waals surface area contributed by atoms with Gasteiger partial charge in [-0.2, -0.15) is 0 Å². The molecule has 2 aromatic rings. The molecule has 0 aliphatic carbocycles. The standard InChI is InChI=1S/C25H30ClN5O3/c1-29(2)25-27-16-19(17-7-5-8-18(26)15-17)24(28-25)20-9-3-4-13-30(20)21(32)10-6-14-31-22(33)11-12-23(31)34/h5,7-8,15-16,20H,3-4,6,9-14H2,1-2H3/t20-/m1/s1. The van der Waals surface area contributed by atoms with Gasteiger partial charge in [-0.3, -0.25) is 19.3 Å². The number of carbonyl (C=O) groups excluding carboxylic acids is 3. The van der Waals surface area contributed by atoms with Gasteiger partial charge in [0.15, 0.2) is 0 Å². The maximum Gasteiger partial charge on any atom is 0.229 e. The molecule has 1 aromatic heterocycles. The van der Waals surface area contributed by atoms with Crippen LogP contribution < -0.4 is 4.90 Å². The van der Waals surface area contributed by atoms with Crippen molar-refractivity contribution in [1.29, 1.82) is 0 Å². The quantitative estimate of drug-likeness (QED) is 0.556. The third kappa shape index (κ3) is 5.22. The molecule has 8 nitrogen and oxygen atoms in total. The zero-order chi connectivity index (χ0) is 24.2. The molecule has 3 heterocycles. The molecular weight excluding hydrogens is 454 g/mol. The predicted octanol–water partition coefficient (Wildman–Crippen LogP) is 3.85. The highest BCUT2D eigenvalue weighted by Gasteiger charge is 2.32. The first-order valence-electron chi connectivity index (χ1n) is 11.8. The van der Waals surface area contributed by atoms with E-state index in [2.05, 4.69) is 4.98 Å². The molecule has 180 valence electrons. The Hall–Kier alpha value is -3.00. The van der Waals surface area contributed by atoms with Gasteiger partial charge in [-0.25, -0.2) is 9.97 Å². The number of imide groups is 1. The SMILES string of the molecule is CN(C)c1ncc(-c2cccc(Cl)c2)c([C@H]2CCCCN2C(=O)CCCN2C(=O)CCC2=O)n1. The number of likely N-dealkylation sites (tertiary alicyclic amines) is 2. The predicted molar refractivity (Wildman–Crippen MR) is 130 cm³/mol. The summed E-state index contributed by atoms with van der Waals surface area (Å²) in [5, 5.41) is 0.628. The van der Waals surface area contributed by atoms with Crippen molar-refractivity contribution < 1.29 is 14.4 Å². The van der Waals surface area contributed by atoms with Gasteiger partial charge in [0.25, 0.3) is 0 Å². The van der Waals surface area contributed by atoms with Gasteiger partial charge in [0.2, 0.25) is 23.7 Å². The van der Waals surface area contributed by atoms with E-state index in [0.717, 1.165) is 36.1 Å². The second-order valence-corrected chi connectivity index (χ2v) is 9.45. The topological polar surface area (TPSA) is 86.7 Å². The number of rotatable bonds is 7. The second-order valence-electron chi connectivity index (χ2n) is 9.02. The van der Waals surface area contributed by atoms with Gasteiger partial charge < -0.3 is 9.80 Å². The minimum absolute atomic E-state index is 0.0193. The minimum atomic E-state index is -0.174. The van der Waals surface area contributed by atoms with Crippen molar-refractivity contribution in [2.24, 2.45) is 0 Å². The largest absolute Gasteiger partial charge is 0.347 e. The van der Waals surface area contributed by atoms with E-state index in [1.54, 1.807) is 0 Å². The Bertz CT molecular complexity index is 1070. The van der Waals surface area contributed by atoms with Gasteiger partial charge in [0, 0.05) is 63.2 Å². The van der Waals surface area contributed by atoms with Crippen LogP contribution in [0.3, 0.4) is 0 Å². The Balaban J connectivity index is 1.58. The van der Waals surface area contributed by atoms with Gasteiger partial charge >= 0.3 is 0 Å². The average Bonchev–Trinajstić information content (AvgIpc) is 3.15. The Morgan fingerprint density at radius 2 is 1.94 bits per heavy atom. The van der Waals surface area contributed by atoms with Crippen LogP contribution in [-0.2, 0) is 14.4 Å². The van der Waals surface area contributed by atoms with Crippen LogP contribution in [0.4, 0.5) is 5.95 Å². The van der Waals surface area contributed by atoms with Crippen molar-refractivity contribution in [3.05, 3.63) is 41.2 Å². The highest BCUT2D eigenvalue weighted by atomic mass is 35.5. The van der Waals surface area contributed by atoms with Crippen molar-refractivity contribution in [2.45, 2.75) is 51.0 Å². The van der Waals surface area contributed by atoms with Crippen LogP contribution in [0.1, 0.15) is 56.7 Å². The Morgan fingerprint density at radius 1 is 1.18 bits per heavy atom. The van der Waals surface area contributed by atoms with Gasteiger partial charge in [-0.1, -0.05) is 23.7 Å². The lowest BCUT2D eigenvalue weighted by molar-refractivity contribution is -0.140. The fourth-order valence-corrected chi connectivity index (χ4v) is 4.84. The molecular formula is C25H30ClN5O3. The lowest BCUT2D eigenvalue weighted by atomic mass is 9.93. The highest BCUT2D eigenvalue weighted by molar-refractivity contribution is 6.30. The molecule has 0 bridgehead atoms. The molecule has 1 aromatic carbocycles. The first-order chi connectivity index (χ1) is 16.3. The van der Waals surface area contributed by atoms with E-state index < -0.39 is 0 Å². The van der Waals surface area contributed by atoms with Gasteiger partial charge in [-0.15, -0.1) is 0 Å². The summed E-state index contributed by atoms with van der Waals surface area (Å²) in [5.41, 5.74) is 2.60. The summed E-state index contributed by atoms with van der Waals surface area (Å²) in [5.74, 6) is 0.323. The Morgan fingerprint density at radius 3 is 2.65 bits per heavy atom. The summed E-state index contributed by atoms with van der Waals surface area (Å²) < 4.78 is 0. The van der Waals surface area contributed by atoms with Crippen LogP contribution in [-0.4, -0.2) is 64.7 Å². The van der Waals surface area contributed by atoms with Crippen LogP contribution >= 0.6 is 11.6 Å². The minimum Gasteiger partial charge on any atom is -0.347 e. The van der Waals surface area contributed by atoms with Gasteiger partial charge in [0.05, 0.1) is 11.7 Å². The fourth-order valence-electron chi connectivity index (χ4n) is 4.65. The number of benzene rings is 1. The van der Waals surface area contributed by atoms with E-state index in [4.69, 9.17) is 16.6 Å². The Labute approximate surface area is 204 Å². The zero-order valence-electron chi connectivity index (χ0n) is 19.7. The molecule has 2 aliphatic rings. The van der Waals surface area contributed by atoms with Crippen molar-refractivity contribution in [1.82, 2.24) is 19.8 Å². The summed E-state index contributed by atoms with van der Waals surface area (Å²) in [7, 11) is 3.78. The molecule has 1 atom stereocenters. The molecule has 34 heavy (non-hydrogen) atoms. The number of carbonyl (C=O) groups is 3. The molecule has 4 rings (SSSR count). The van der Waals surface area contributed by atoms with E-state index in [9.17, 15) is 14.4 Å². The maximum atomic E-state index is 13.3. The van der Waals surface area contributed by atoms with E-state index in [1.807, 2.05) is 54.4 Å². The third-order valence-corrected chi connectivity index (χ3v) is 6.64. The molecule has 0 radical (unpaired) electrons. The molecule has 3 amide bonds. The van der Waals surface area contributed by atoms with Crippen molar-refractivity contribution in [3.8, 4) is 11.1 Å². The lowest BCUT2D eigenvalue weighted by Gasteiger charge is -2.36. The number of hydrogen-bond acceptors (Lipinski definition) is 6. The van der Waals surface area contributed by atoms with E-state index in [-0.39, 0.29) is 43.0 Å². The molecule has 2 fully saturated rings. The number of aromatic nitrogens is 2.